The zero-order valence-corrected chi connectivity index (χ0v) is 16.6. The van der Waals surface area contributed by atoms with Crippen LogP contribution in [0.25, 0.3) is 0 Å². The van der Waals surface area contributed by atoms with Crippen LogP contribution in [0, 0.1) is 40.7 Å². The maximum Gasteiger partial charge on any atom is 0.159 e. The first kappa shape index (κ1) is 20.8. The van der Waals surface area contributed by atoms with Crippen LogP contribution in [0.5, 0.6) is 0 Å². The van der Waals surface area contributed by atoms with Crippen molar-refractivity contribution in [2.24, 2.45) is 17.8 Å². The van der Waals surface area contributed by atoms with Crippen molar-refractivity contribution in [2.75, 3.05) is 0 Å². The number of halogens is 2. The molecule has 28 heavy (non-hydrogen) atoms. The molecule has 0 radical (unpaired) electrons. The van der Waals surface area contributed by atoms with Crippen molar-refractivity contribution in [1.29, 1.82) is 5.26 Å². The van der Waals surface area contributed by atoms with E-state index in [4.69, 9.17) is 5.26 Å². The lowest BCUT2D eigenvalue weighted by molar-refractivity contribution is 0.157. The summed E-state index contributed by atoms with van der Waals surface area (Å²) in [6.07, 6.45) is 19.9. The Bertz CT molecular complexity index is 715. The quantitative estimate of drug-likeness (QED) is 0.369. The maximum atomic E-state index is 13.5. The van der Waals surface area contributed by atoms with Crippen molar-refractivity contribution in [2.45, 2.75) is 70.1 Å². The number of hydrogen-bond acceptors (Lipinski definition) is 1. The Morgan fingerprint density at radius 3 is 2.21 bits per heavy atom. The van der Waals surface area contributed by atoms with Crippen LogP contribution < -0.4 is 0 Å². The number of nitriles is 1. The monoisotopic (exact) mass is 383 g/mol. The van der Waals surface area contributed by atoms with Crippen LogP contribution in [0.15, 0.2) is 42.5 Å². The van der Waals surface area contributed by atoms with E-state index in [1.807, 2.05) is 12.1 Å². The molecule has 1 aromatic carbocycles. The number of allylic oxidation sites excluding steroid dienone is 4. The highest BCUT2D eigenvalue weighted by atomic mass is 19.2. The normalized spacial score (nSPS) is 28.6. The third kappa shape index (κ3) is 5.77. The van der Waals surface area contributed by atoms with Gasteiger partial charge in [-0.3, -0.25) is 0 Å². The van der Waals surface area contributed by atoms with Crippen LogP contribution in [0.2, 0.25) is 0 Å². The second-order valence-electron chi connectivity index (χ2n) is 8.56. The summed E-state index contributed by atoms with van der Waals surface area (Å²) >= 11 is 0. The molecule has 2 saturated carbocycles. The second kappa shape index (κ2) is 10.6. The van der Waals surface area contributed by atoms with Crippen LogP contribution in [-0.4, -0.2) is 0 Å². The van der Waals surface area contributed by atoms with Gasteiger partial charge in [0.05, 0.1) is 6.07 Å². The molecule has 3 heteroatoms. The minimum Gasteiger partial charge on any atom is -0.204 e. The first-order valence-electron chi connectivity index (χ1n) is 10.8. The van der Waals surface area contributed by atoms with Crippen molar-refractivity contribution in [3.63, 3.8) is 0 Å². The molecular formula is C25H31F2N. The molecule has 0 saturated heterocycles. The van der Waals surface area contributed by atoms with Crippen LogP contribution in [0.3, 0.4) is 0 Å². The van der Waals surface area contributed by atoms with E-state index in [1.165, 1.54) is 63.2 Å². The SMILES string of the molecule is N#C/C=C/C=C/CCC1CCC([C@H]2CC[C@H](c3ccc(F)c(F)c3)CC2)CC1. The largest absolute Gasteiger partial charge is 0.204 e. The molecule has 150 valence electrons. The Morgan fingerprint density at radius 1 is 0.893 bits per heavy atom. The lowest BCUT2D eigenvalue weighted by Gasteiger charge is -2.38. The fourth-order valence-corrected chi connectivity index (χ4v) is 5.24. The van der Waals surface area contributed by atoms with E-state index in [0.29, 0.717) is 5.92 Å². The van der Waals surface area contributed by atoms with E-state index in [2.05, 4.69) is 6.08 Å². The van der Waals surface area contributed by atoms with E-state index < -0.39 is 11.6 Å². The first-order valence-corrected chi connectivity index (χ1v) is 10.8. The van der Waals surface area contributed by atoms with Gasteiger partial charge in [0.15, 0.2) is 11.6 Å². The highest BCUT2D eigenvalue weighted by Crippen LogP contribution is 2.44. The molecule has 2 aliphatic carbocycles. The molecule has 0 aliphatic heterocycles. The Kier molecular flexibility index (Phi) is 7.83. The molecule has 1 aromatic rings. The molecule has 1 nitrogen and oxygen atoms in total. The summed E-state index contributed by atoms with van der Waals surface area (Å²) < 4.78 is 26.7. The zero-order chi connectivity index (χ0) is 19.8. The molecule has 0 spiro atoms. The molecule has 0 atom stereocenters. The molecule has 2 aliphatic rings. The fraction of sp³-hybridized carbons (Fsp3) is 0.560. The molecule has 0 N–H and O–H groups in total. The van der Waals surface area contributed by atoms with Crippen molar-refractivity contribution in [1.82, 2.24) is 0 Å². The van der Waals surface area contributed by atoms with Crippen LogP contribution >= 0.6 is 0 Å². The van der Waals surface area contributed by atoms with Gasteiger partial charge in [-0.05, 0) is 92.7 Å². The van der Waals surface area contributed by atoms with Gasteiger partial charge in [-0.15, -0.1) is 0 Å². The molecular weight excluding hydrogens is 352 g/mol. The van der Waals surface area contributed by atoms with Crippen LogP contribution in [0.4, 0.5) is 8.78 Å². The Hall–Kier alpha value is -1.95. The molecule has 0 bridgehead atoms. The number of rotatable bonds is 6. The average molecular weight is 384 g/mol. The van der Waals surface area contributed by atoms with Gasteiger partial charge in [0.25, 0.3) is 0 Å². The predicted octanol–water partition coefficient (Wildman–Crippen LogP) is 7.46. The second-order valence-corrected chi connectivity index (χ2v) is 8.56. The minimum absolute atomic E-state index is 0.393. The maximum absolute atomic E-state index is 13.5. The Balaban J connectivity index is 1.38. The average Bonchev–Trinajstić information content (AvgIpc) is 2.73. The van der Waals surface area contributed by atoms with E-state index in [1.54, 1.807) is 12.1 Å². The minimum atomic E-state index is -0.747. The topological polar surface area (TPSA) is 23.8 Å². The Labute approximate surface area is 168 Å². The lowest BCUT2D eigenvalue weighted by Crippen LogP contribution is -2.25. The van der Waals surface area contributed by atoms with Gasteiger partial charge < -0.3 is 0 Å². The van der Waals surface area contributed by atoms with Crippen molar-refractivity contribution in [3.8, 4) is 6.07 Å². The van der Waals surface area contributed by atoms with Crippen LogP contribution in [-0.2, 0) is 0 Å². The number of nitrogens with zero attached hydrogens (tertiary/aromatic N) is 1. The summed E-state index contributed by atoms with van der Waals surface area (Å²) in [5.74, 6) is 1.45. The first-order chi connectivity index (χ1) is 13.7. The summed E-state index contributed by atoms with van der Waals surface area (Å²) in [5.41, 5.74) is 0.971. The van der Waals surface area contributed by atoms with E-state index >= 15 is 0 Å². The summed E-state index contributed by atoms with van der Waals surface area (Å²) in [5, 5.41) is 8.45. The molecule has 0 amide bonds. The lowest BCUT2D eigenvalue weighted by atomic mass is 9.68. The number of benzene rings is 1. The third-order valence-corrected chi connectivity index (χ3v) is 6.90. The van der Waals surface area contributed by atoms with Gasteiger partial charge in [-0.25, -0.2) is 8.78 Å². The van der Waals surface area contributed by atoms with Gasteiger partial charge >= 0.3 is 0 Å². The van der Waals surface area contributed by atoms with Crippen molar-refractivity contribution < 1.29 is 8.78 Å². The van der Waals surface area contributed by atoms with Gasteiger partial charge in [0.2, 0.25) is 0 Å². The molecule has 0 unspecified atom stereocenters. The van der Waals surface area contributed by atoms with E-state index in [0.717, 1.165) is 42.6 Å². The highest BCUT2D eigenvalue weighted by molar-refractivity contribution is 5.22. The smallest absolute Gasteiger partial charge is 0.159 e. The summed E-state index contributed by atoms with van der Waals surface area (Å²) in [7, 11) is 0. The van der Waals surface area contributed by atoms with Crippen LogP contribution in [0.1, 0.15) is 75.7 Å². The van der Waals surface area contributed by atoms with Gasteiger partial charge in [-0.2, -0.15) is 5.26 Å². The predicted molar refractivity (Wildman–Crippen MR) is 110 cm³/mol. The van der Waals surface area contributed by atoms with E-state index in [9.17, 15) is 8.78 Å². The van der Waals surface area contributed by atoms with Gasteiger partial charge in [-0.1, -0.05) is 37.1 Å². The highest BCUT2D eigenvalue weighted by Gasteiger charge is 2.31. The standard InChI is InChI=1S/C25H31F2N/c26-24-16-15-23(18-25(24)27)22-13-11-21(12-14-22)20-9-7-19(8-10-20)6-4-2-1-3-5-17-28/h1-3,5,15-16,18-22H,4,6-14H2/b2-1+,5-3+/t19?,20?,21-,22-. The fourth-order valence-electron chi connectivity index (χ4n) is 5.24. The molecule has 2 fully saturated rings. The zero-order valence-electron chi connectivity index (χ0n) is 16.6. The summed E-state index contributed by atoms with van der Waals surface area (Å²) in [6, 6.07) is 6.43. The summed E-state index contributed by atoms with van der Waals surface area (Å²) in [4.78, 5) is 0. The van der Waals surface area contributed by atoms with E-state index in [-0.39, 0.29) is 0 Å². The molecule has 0 heterocycles. The van der Waals surface area contributed by atoms with Gasteiger partial charge in [0, 0.05) is 6.08 Å². The third-order valence-electron chi connectivity index (χ3n) is 6.90. The molecule has 3 rings (SSSR count). The molecule has 0 aromatic heterocycles. The Morgan fingerprint density at radius 2 is 1.57 bits per heavy atom. The van der Waals surface area contributed by atoms with Crippen molar-refractivity contribution in [3.05, 3.63) is 59.7 Å². The van der Waals surface area contributed by atoms with Gasteiger partial charge in [0.1, 0.15) is 0 Å². The van der Waals surface area contributed by atoms with Crippen molar-refractivity contribution >= 4 is 0 Å². The summed E-state index contributed by atoms with van der Waals surface area (Å²) in [6.45, 7) is 0. The number of hydrogen-bond donors (Lipinski definition) is 0.